The van der Waals surface area contributed by atoms with E-state index in [1.807, 2.05) is 0 Å². The van der Waals surface area contributed by atoms with E-state index < -0.39 is 0 Å². The van der Waals surface area contributed by atoms with Crippen molar-refractivity contribution >= 4 is 18.2 Å². The van der Waals surface area contributed by atoms with Gasteiger partial charge in [-0.05, 0) is 6.42 Å². The lowest BCUT2D eigenvalue weighted by molar-refractivity contribution is -0.117. The van der Waals surface area contributed by atoms with Gasteiger partial charge in [-0.1, -0.05) is 90.4 Å². The summed E-state index contributed by atoms with van der Waals surface area (Å²) < 4.78 is 0. The molecule has 0 spiro atoms. The quantitative estimate of drug-likeness (QED) is 0.365. The van der Waals surface area contributed by atoms with Crippen molar-refractivity contribution in [1.82, 2.24) is 0 Å². The largest absolute Gasteiger partial charge is 0.324 e. The van der Waals surface area contributed by atoms with E-state index >= 15 is 0 Å². The minimum atomic E-state index is 0. The zero-order valence-electron chi connectivity index (χ0n) is 14.2. The van der Waals surface area contributed by atoms with Gasteiger partial charge in [0.15, 0.2) is 0 Å². The van der Waals surface area contributed by atoms with E-state index in [1.54, 1.807) is 0 Å². The predicted octanol–water partition coefficient (Wildman–Crippen LogP) is 5.81. The maximum atomic E-state index is 11.0. The number of carbonyl (C=O) groups is 1. The lowest BCUT2D eigenvalue weighted by Gasteiger charge is -2.03. The van der Waals surface area contributed by atoms with Crippen molar-refractivity contribution in [2.75, 3.05) is 6.54 Å². The number of ketones is 1. The number of carbonyl (C=O) groups excluding carboxylic acids is 1. The van der Waals surface area contributed by atoms with Crippen LogP contribution in [-0.4, -0.2) is 12.3 Å². The van der Waals surface area contributed by atoms with Gasteiger partial charge in [0.1, 0.15) is 5.78 Å². The summed E-state index contributed by atoms with van der Waals surface area (Å²) in [6.07, 6.45) is 19.7. The molecule has 2 N–H and O–H groups in total. The van der Waals surface area contributed by atoms with E-state index in [2.05, 4.69) is 6.92 Å². The zero-order chi connectivity index (χ0) is 14.9. The number of Topliss-reactive ketones (excluding diaryl/α,β-unsaturated/α-hetero) is 1. The molecule has 21 heavy (non-hydrogen) atoms. The van der Waals surface area contributed by atoms with Gasteiger partial charge in [0.2, 0.25) is 0 Å². The SMILES string of the molecule is CCCCCCCCCCCCCCCCC(=O)CN.Cl. The molecule has 0 rings (SSSR count). The third-order valence-electron chi connectivity index (χ3n) is 4.04. The minimum Gasteiger partial charge on any atom is -0.324 e. The van der Waals surface area contributed by atoms with E-state index in [4.69, 9.17) is 5.73 Å². The van der Waals surface area contributed by atoms with Crippen LogP contribution in [0, 0.1) is 0 Å². The van der Waals surface area contributed by atoms with Gasteiger partial charge in [0, 0.05) is 6.42 Å². The summed E-state index contributed by atoms with van der Waals surface area (Å²) in [6.45, 7) is 2.49. The molecule has 0 aromatic carbocycles. The summed E-state index contributed by atoms with van der Waals surface area (Å²) in [5.74, 6) is 0.212. The second-order valence-electron chi connectivity index (χ2n) is 6.09. The molecule has 2 nitrogen and oxygen atoms in total. The Labute approximate surface area is 139 Å². The summed E-state index contributed by atoms with van der Waals surface area (Å²) in [4.78, 5) is 11.0. The molecule has 0 unspecified atom stereocenters. The van der Waals surface area contributed by atoms with E-state index in [0.717, 1.165) is 6.42 Å². The van der Waals surface area contributed by atoms with E-state index in [0.29, 0.717) is 6.42 Å². The topological polar surface area (TPSA) is 43.1 Å². The first-order chi connectivity index (χ1) is 9.81. The standard InChI is InChI=1S/C18H37NO.ClH/c1-2-3-4-5-6-7-8-9-10-11-12-13-14-15-16-18(20)17-19;/h2-17,19H2,1H3;1H. The molecule has 0 aromatic rings. The maximum Gasteiger partial charge on any atom is 0.146 e. The van der Waals surface area contributed by atoms with Crippen molar-refractivity contribution in [2.24, 2.45) is 5.73 Å². The fourth-order valence-electron chi connectivity index (χ4n) is 2.62. The fraction of sp³-hybridized carbons (Fsp3) is 0.944. The monoisotopic (exact) mass is 319 g/mol. The van der Waals surface area contributed by atoms with E-state index in [9.17, 15) is 4.79 Å². The van der Waals surface area contributed by atoms with Crippen LogP contribution in [0.5, 0.6) is 0 Å². The van der Waals surface area contributed by atoms with Gasteiger partial charge in [0.25, 0.3) is 0 Å². The normalized spacial score (nSPS) is 10.4. The molecule has 0 aliphatic heterocycles. The smallest absolute Gasteiger partial charge is 0.146 e. The Morgan fingerprint density at radius 1 is 0.667 bits per heavy atom. The first-order valence-electron chi connectivity index (χ1n) is 9.03. The molecular formula is C18H38ClNO. The van der Waals surface area contributed by atoms with Crippen LogP contribution in [0.15, 0.2) is 0 Å². The van der Waals surface area contributed by atoms with Crippen LogP contribution >= 0.6 is 12.4 Å². The Hall–Kier alpha value is -0.0800. The van der Waals surface area contributed by atoms with Crippen LogP contribution in [-0.2, 0) is 4.79 Å². The molecule has 0 saturated heterocycles. The lowest BCUT2D eigenvalue weighted by Crippen LogP contribution is -2.12. The van der Waals surface area contributed by atoms with Crippen molar-refractivity contribution in [3.63, 3.8) is 0 Å². The van der Waals surface area contributed by atoms with Crippen LogP contribution < -0.4 is 5.73 Å². The Morgan fingerprint density at radius 3 is 1.33 bits per heavy atom. The molecule has 0 fully saturated rings. The van der Waals surface area contributed by atoms with Gasteiger partial charge in [-0.3, -0.25) is 4.79 Å². The Morgan fingerprint density at radius 2 is 1.00 bits per heavy atom. The third kappa shape index (κ3) is 19.9. The minimum absolute atomic E-state index is 0. The number of rotatable bonds is 16. The number of unbranched alkanes of at least 4 members (excludes halogenated alkanes) is 13. The molecule has 0 saturated carbocycles. The highest BCUT2D eigenvalue weighted by atomic mass is 35.5. The Kier molecular flexibility index (Phi) is 22.0. The van der Waals surface area contributed by atoms with Crippen LogP contribution in [0.1, 0.15) is 103 Å². The average molecular weight is 320 g/mol. The number of nitrogens with two attached hydrogens (primary N) is 1. The molecule has 0 heterocycles. The first kappa shape index (κ1) is 23.2. The molecule has 0 aliphatic carbocycles. The van der Waals surface area contributed by atoms with Crippen molar-refractivity contribution in [1.29, 1.82) is 0 Å². The molecule has 0 radical (unpaired) electrons. The fourth-order valence-corrected chi connectivity index (χ4v) is 2.62. The zero-order valence-corrected chi connectivity index (χ0v) is 15.0. The predicted molar refractivity (Wildman–Crippen MR) is 96.2 cm³/mol. The first-order valence-corrected chi connectivity index (χ1v) is 9.03. The second-order valence-corrected chi connectivity index (χ2v) is 6.09. The average Bonchev–Trinajstić information content (AvgIpc) is 2.47. The number of halogens is 1. The van der Waals surface area contributed by atoms with Crippen LogP contribution in [0.25, 0.3) is 0 Å². The second kappa shape index (κ2) is 19.9. The Bertz CT molecular complexity index is 209. The molecule has 0 aromatic heterocycles. The summed E-state index contributed by atoms with van der Waals surface area (Å²) in [6, 6.07) is 0. The molecular weight excluding hydrogens is 282 g/mol. The molecule has 0 aliphatic rings. The molecule has 3 heteroatoms. The molecule has 0 amide bonds. The Balaban J connectivity index is 0. The van der Waals surface area contributed by atoms with Crippen LogP contribution in [0.3, 0.4) is 0 Å². The molecule has 128 valence electrons. The van der Waals surface area contributed by atoms with Crippen molar-refractivity contribution in [2.45, 2.75) is 103 Å². The highest BCUT2D eigenvalue weighted by molar-refractivity contribution is 5.85. The van der Waals surface area contributed by atoms with Crippen molar-refractivity contribution < 1.29 is 4.79 Å². The summed E-state index contributed by atoms with van der Waals surface area (Å²) in [5, 5.41) is 0. The highest BCUT2D eigenvalue weighted by Gasteiger charge is 1.98. The number of hydrogen-bond donors (Lipinski definition) is 1. The van der Waals surface area contributed by atoms with Crippen LogP contribution in [0.2, 0.25) is 0 Å². The van der Waals surface area contributed by atoms with Gasteiger partial charge < -0.3 is 5.73 Å². The van der Waals surface area contributed by atoms with Gasteiger partial charge in [-0.2, -0.15) is 0 Å². The highest BCUT2D eigenvalue weighted by Crippen LogP contribution is 2.13. The third-order valence-corrected chi connectivity index (χ3v) is 4.04. The van der Waals surface area contributed by atoms with E-state index in [1.165, 1.54) is 83.5 Å². The maximum absolute atomic E-state index is 11.0. The van der Waals surface area contributed by atoms with Gasteiger partial charge in [-0.25, -0.2) is 0 Å². The van der Waals surface area contributed by atoms with Crippen LogP contribution in [0.4, 0.5) is 0 Å². The molecule has 0 bridgehead atoms. The van der Waals surface area contributed by atoms with Gasteiger partial charge in [-0.15, -0.1) is 12.4 Å². The lowest BCUT2D eigenvalue weighted by atomic mass is 10.0. The van der Waals surface area contributed by atoms with Crippen molar-refractivity contribution in [3.8, 4) is 0 Å². The van der Waals surface area contributed by atoms with Gasteiger partial charge in [0.05, 0.1) is 6.54 Å². The molecule has 0 atom stereocenters. The number of hydrogen-bond acceptors (Lipinski definition) is 2. The summed E-state index contributed by atoms with van der Waals surface area (Å²) >= 11 is 0. The van der Waals surface area contributed by atoms with Crippen molar-refractivity contribution in [3.05, 3.63) is 0 Å². The van der Waals surface area contributed by atoms with Gasteiger partial charge >= 0.3 is 0 Å². The summed E-state index contributed by atoms with van der Waals surface area (Å²) in [7, 11) is 0. The summed E-state index contributed by atoms with van der Waals surface area (Å²) in [5.41, 5.74) is 5.28. The van der Waals surface area contributed by atoms with E-state index in [-0.39, 0.29) is 24.7 Å².